The minimum atomic E-state index is -0.0972. The van der Waals surface area contributed by atoms with Gasteiger partial charge in [-0.2, -0.15) is 0 Å². The van der Waals surface area contributed by atoms with E-state index in [1.165, 1.54) is 5.56 Å². The number of aryl methyl sites for hydroxylation is 1. The minimum Gasteiger partial charge on any atom is -0.496 e. The maximum atomic E-state index is 13.4. The molecule has 3 aromatic carbocycles. The van der Waals surface area contributed by atoms with Crippen LogP contribution < -0.4 is 4.74 Å². The number of hydrogen-bond acceptors (Lipinski definition) is 4. The number of nitrogens with zero attached hydrogens (tertiary/aromatic N) is 3. The van der Waals surface area contributed by atoms with E-state index in [2.05, 4.69) is 17.0 Å². The predicted octanol–water partition coefficient (Wildman–Crippen LogP) is 5.28. The number of ether oxygens (including phenoxy) is 1. The summed E-state index contributed by atoms with van der Waals surface area (Å²) in [6.45, 7) is 4.73. The molecule has 0 atom stereocenters. The van der Waals surface area contributed by atoms with Gasteiger partial charge in [-0.15, -0.1) is 0 Å². The third-order valence-electron chi connectivity index (χ3n) is 7.04. The summed E-state index contributed by atoms with van der Waals surface area (Å²) in [7, 11) is 1.65. The van der Waals surface area contributed by atoms with Crippen LogP contribution in [0, 0.1) is 0 Å². The highest BCUT2D eigenvalue weighted by Crippen LogP contribution is 2.20. The van der Waals surface area contributed by atoms with Crippen molar-refractivity contribution in [2.45, 2.75) is 12.8 Å². The normalized spacial score (nSPS) is 13.9. The zero-order chi connectivity index (χ0) is 27.5. The number of amides is 2. The summed E-state index contributed by atoms with van der Waals surface area (Å²) in [5, 5.41) is 0.448. The van der Waals surface area contributed by atoms with Crippen molar-refractivity contribution < 1.29 is 14.3 Å². The summed E-state index contributed by atoms with van der Waals surface area (Å²) in [5.74, 6) is 0.893. The molecule has 2 amide bonds. The van der Waals surface area contributed by atoms with Crippen molar-refractivity contribution in [2.75, 3.05) is 52.9 Å². The van der Waals surface area contributed by atoms with Gasteiger partial charge < -0.3 is 14.5 Å². The standard InChI is InChI=1S/C32H36ClN3O3/c1-39-30-16-8-5-12-27(30)13-9-19-36(32(38)28-14-6-7-15-29(28)33)25-22-34-20-23-35(24-21-34)31(37)18-17-26-10-3-2-4-11-26/h2-16H,17-25H2,1H3/b13-9+. The van der Waals surface area contributed by atoms with Crippen molar-refractivity contribution in [1.82, 2.24) is 14.7 Å². The summed E-state index contributed by atoms with van der Waals surface area (Å²) in [4.78, 5) is 32.3. The molecular formula is C32H36ClN3O3. The molecule has 0 aromatic heterocycles. The van der Waals surface area contributed by atoms with Gasteiger partial charge in [-0.05, 0) is 30.2 Å². The zero-order valence-corrected chi connectivity index (χ0v) is 23.2. The highest BCUT2D eigenvalue weighted by molar-refractivity contribution is 6.33. The number of rotatable bonds is 11. The van der Waals surface area contributed by atoms with Crippen molar-refractivity contribution in [2.24, 2.45) is 0 Å². The second-order valence-corrected chi connectivity index (χ2v) is 9.99. The number of halogens is 1. The number of para-hydroxylation sites is 1. The smallest absolute Gasteiger partial charge is 0.255 e. The van der Waals surface area contributed by atoms with Crippen LogP contribution in [0.15, 0.2) is 84.9 Å². The van der Waals surface area contributed by atoms with Crippen LogP contribution in [-0.2, 0) is 11.2 Å². The Morgan fingerprint density at radius 2 is 1.62 bits per heavy atom. The molecular weight excluding hydrogens is 510 g/mol. The number of methoxy groups -OCH3 is 1. The molecule has 0 bridgehead atoms. The second kappa shape index (κ2) is 14.5. The monoisotopic (exact) mass is 545 g/mol. The molecule has 1 saturated heterocycles. The van der Waals surface area contributed by atoms with Crippen LogP contribution in [0.1, 0.15) is 27.9 Å². The van der Waals surface area contributed by atoms with Gasteiger partial charge >= 0.3 is 0 Å². The first-order valence-electron chi connectivity index (χ1n) is 13.4. The van der Waals surface area contributed by atoms with Crippen molar-refractivity contribution in [1.29, 1.82) is 0 Å². The van der Waals surface area contributed by atoms with Crippen molar-refractivity contribution in [3.63, 3.8) is 0 Å². The number of carbonyl (C=O) groups excluding carboxylic acids is 2. The molecule has 1 heterocycles. The van der Waals surface area contributed by atoms with Crippen molar-refractivity contribution in [3.05, 3.63) is 107 Å². The van der Waals surface area contributed by atoms with Gasteiger partial charge in [0.15, 0.2) is 0 Å². The summed E-state index contributed by atoms with van der Waals surface area (Å²) >= 11 is 6.36. The third kappa shape index (κ3) is 8.19. The molecule has 39 heavy (non-hydrogen) atoms. The Labute approximate surface area is 236 Å². The van der Waals surface area contributed by atoms with E-state index < -0.39 is 0 Å². The van der Waals surface area contributed by atoms with E-state index in [-0.39, 0.29) is 11.8 Å². The van der Waals surface area contributed by atoms with Crippen LogP contribution in [0.5, 0.6) is 5.75 Å². The molecule has 204 valence electrons. The van der Waals surface area contributed by atoms with Crippen LogP contribution in [0.2, 0.25) is 5.02 Å². The summed E-state index contributed by atoms with van der Waals surface area (Å²) in [5.41, 5.74) is 2.64. The van der Waals surface area contributed by atoms with Gasteiger partial charge in [0.1, 0.15) is 5.75 Å². The lowest BCUT2D eigenvalue weighted by Gasteiger charge is -2.36. The molecule has 7 heteroatoms. The van der Waals surface area contributed by atoms with Gasteiger partial charge in [0.2, 0.25) is 5.91 Å². The summed E-state index contributed by atoms with van der Waals surface area (Å²) in [6, 6.07) is 25.1. The SMILES string of the molecule is COc1ccccc1/C=C/CN(CCN1CCN(C(=O)CCc2ccccc2)CC1)C(=O)c1ccccc1Cl. The van der Waals surface area contributed by atoms with Crippen molar-refractivity contribution in [3.8, 4) is 5.75 Å². The maximum Gasteiger partial charge on any atom is 0.255 e. The van der Waals surface area contributed by atoms with E-state index >= 15 is 0 Å². The van der Waals surface area contributed by atoms with Gasteiger partial charge in [-0.3, -0.25) is 14.5 Å². The van der Waals surface area contributed by atoms with E-state index in [1.54, 1.807) is 19.2 Å². The first kappa shape index (κ1) is 28.4. The fourth-order valence-corrected chi connectivity index (χ4v) is 4.95. The lowest BCUT2D eigenvalue weighted by atomic mass is 10.1. The summed E-state index contributed by atoms with van der Waals surface area (Å²) in [6.07, 6.45) is 5.26. The van der Waals surface area contributed by atoms with E-state index in [9.17, 15) is 9.59 Å². The molecule has 4 rings (SSSR count). The van der Waals surface area contributed by atoms with Crippen LogP contribution in [0.3, 0.4) is 0 Å². The molecule has 1 aliphatic rings. The van der Waals surface area contributed by atoms with Gasteiger partial charge in [-0.25, -0.2) is 0 Å². The highest BCUT2D eigenvalue weighted by atomic mass is 35.5. The molecule has 0 aliphatic carbocycles. The van der Waals surface area contributed by atoms with Gasteiger partial charge in [-0.1, -0.05) is 84.4 Å². The fourth-order valence-electron chi connectivity index (χ4n) is 4.73. The quantitative estimate of drug-likeness (QED) is 0.329. The third-order valence-corrected chi connectivity index (χ3v) is 7.36. The van der Waals surface area contributed by atoms with E-state index in [0.717, 1.165) is 37.4 Å². The number of carbonyl (C=O) groups is 2. The molecule has 1 aliphatic heterocycles. The predicted molar refractivity (Wildman–Crippen MR) is 157 cm³/mol. The van der Waals surface area contributed by atoms with Gasteiger partial charge in [0, 0.05) is 57.8 Å². The number of piperazine rings is 1. The van der Waals surface area contributed by atoms with Crippen LogP contribution in [-0.4, -0.2) is 79.4 Å². The number of benzene rings is 3. The molecule has 0 unspecified atom stereocenters. The molecule has 0 spiro atoms. The van der Waals surface area contributed by atoms with Gasteiger partial charge in [0.25, 0.3) is 5.91 Å². The molecule has 1 fully saturated rings. The average molecular weight is 546 g/mol. The Morgan fingerprint density at radius 1 is 0.923 bits per heavy atom. The molecule has 6 nitrogen and oxygen atoms in total. The summed E-state index contributed by atoms with van der Waals surface area (Å²) < 4.78 is 5.44. The Morgan fingerprint density at radius 3 is 2.36 bits per heavy atom. The van der Waals surface area contributed by atoms with E-state index in [4.69, 9.17) is 16.3 Å². The molecule has 0 N–H and O–H groups in total. The molecule has 3 aromatic rings. The second-order valence-electron chi connectivity index (χ2n) is 9.58. The maximum absolute atomic E-state index is 13.4. The average Bonchev–Trinajstić information content (AvgIpc) is 2.98. The van der Waals surface area contributed by atoms with Crippen molar-refractivity contribution >= 4 is 29.5 Å². The lowest BCUT2D eigenvalue weighted by molar-refractivity contribution is -0.132. The topological polar surface area (TPSA) is 53.1 Å². The van der Waals surface area contributed by atoms with E-state index in [0.29, 0.717) is 43.2 Å². The van der Waals surface area contributed by atoms with Crippen LogP contribution >= 0.6 is 11.6 Å². The number of hydrogen-bond donors (Lipinski definition) is 0. The fraction of sp³-hybridized carbons (Fsp3) is 0.312. The van der Waals surface area contributed by atoms with Gasteiger partial charge in [0.05, 0.1) is 17.7 Å². The molecule has 0 radical (unpaired) electrons. The Balaban J connectivity index is 1.33. The first-order valence-corrected chi connectivity index (χ1v) is 13.8. The lowest BCUT2D eigenvalue weighted by Crippen LogP contribution is -2.50. The minimum absolute atomic E-state index is 0.0972. The molecule has 0 saturated carbocycles. The van der Waals surface area contributed by atoms with Crippen LogP contribution in [0.25, 0.3) is 6.08 Å². The Hall–Kier alpha value is -3.61. The largest absolute Gasteiger partial charge is 0.496 e. The van der Waals surface area contributed by atoms with Crippen LogP contribution in [0.4, 0.5) is 0 Å². The Bertz CT molecular complexity index is 1260. The first-order chi connectivity index (χ1) is 19.0. The highest BCUT2D eigenvalue weighted by Gasteiger charge is 2.23. The Kier molecular flexibility index (Phi) is 10.6. The zero-order valence-electron chi connectivity index (χ0n) is 22.5. The van der Waals surface area contributed by atoms with E-state index in [1.807, 2.05) is 76.5 Å².